The monoisotopic (exact) mass is 447 g/mol. The van der Waals surface area contributed by atoms with Crippen molar-refractivity contribution < 1.29 is 4.74 Å². The lowest BCUT2D eigenvalue weighted by Crippen LogP contribution is -2.19. The summed E-state index contributed by atoms with van der Waals surface area (Å²) < 4.78 is 6.48. The Morgan fingerprint density at radius 1 is 0.794 bits per heavy atom. The van der Waals surface area contributed by atoms with Gasteiger partial charge in [-0.1, -0.05) is 48.5 Å². The fourth-order valence-electron chi connectivity index (χ4n) is 6.13. The van der Waals surface area contributed by atoms with Crippen molar-refractivity contribution in [3.63, 3.8) is 0 Å². The lowest BCUT2D eigenvalue weighted by Gasteiger charge is -2.31. The van der Waals surface area contributed by atoms with Crippen LogP contribution in [0.25, 0.3) is 11.1 Å². The Bertz CT molecular complexity index is 1330. The number of hydrogen-bond donors (Lipinski definition) is 0. The van der Waals surface area contributed by atoms with E-state index >= 15 is 0 Å². The van der Waals surface area contributed by atoms with Crippen LogP contribution in [-0.2, 0) is 15.9 Å². The van der Waals surface area contributed by atoms with E-state index in [9.17, 15) is 0 Å². The minimum Gasteiger partial charge on any atom is -0.360 e. The summed E-state index contributed by atoms with van der Waals surface area (Å²) in [5.74, 6) is 0. The number of aryl methyl sites for hydroxylation is 1. The van der Waals surface area contributed by atoms with Crippen LogP contribution in [0.2, 0.25) is 0 Å². The van der Waals surface area contributed by atoms with Crippen LogP contribution in [0.15, 0.2) is 90.2 Å². The van der Waals surface area contributed by atoms with Crippen molar-refractivity contribution in [2.45, 2.75) is 64.6 Å². The number of nitrogens with zero attached hydrogens (tertiary/aromatic N) is 1. The van der Waals surface area contributed by atoms with E-state index in [2.05, 4.69) is 111 Å². The second-order valence-corrected chi connectivity index (χ2v) is 10.6. The smallest absolute Gasteiger partial charge is 0.0920 e. The molecule has 0 aromatic heterocycles. The van der Waals surface area contributed by atoms with Gasteiger partial charge in [-0.15, -0.1) is 0 Å². The molecular weight excluding hydrogens is 414 g/mol. The minimum atomic E-state index is -0.140. The number of ether oxygens (including phenoxy) is 1. The molecule has 34 heavy (non-hydrogen) atoms. The second kappa shape index (κ2) is 7.71. The maximum atomic E-state index is 6.48. The van der Waals surface area contributed by atoms with E-state index in [4.69, 9.17) is 4.74 Å². The molecular formula is C32H33NO. The summed E-state index contributed by atoms with van der Waals surface area (Å²) in [6, 6.07) is 24.7. The topological polar surface area (TPSA) is 12.5 Å². The minimum absolute atomic E-state index is 0.111. The zero-order chi connectivity index (χ0) is 23.5. The highest BCUT2D eigenvalue weighted by atomic mass is 16.5. The summed E-state index contributed by atoms with van der Waals surface area (Å²) in [6.45, 7) is 8.96. The average molecular weight is 448 g/mol. The lowest BCUT2D eigenvalue weighted by atomic mass is 9.77. The molecule has 1 saturated heterocycles. The predicted octanol–water partition coefficient (Wildman–Crippen LogP) is 8.68. The first kappa shape index (κ1) is 21.4. The summed E-state index contributed by atoms with van der Waals surface area (Å²) in [6.07, 6.45) is 9.03. The Morgan fingerprint density at radius 3 is 2.24 bits per heavy atom. The fraction of sp³-hybridized carbons (Fsp3) is 0.312. The molecule has 2 heteroatoms. The number of benzene rings is 3. The maximum Gasteiger partial charge on any atom is 0.0920 e. The highest BCUT2D eigenvalue weighted by Crippen LogP contribution is 2.58. The molecule has 0 N–H and O–H groups in total. The van der Waals surface area contributed by atoms with Gasteiger partial charge in [0, 0.05) is 17.1 Å². The van der Waals surface area contributed by atoms with E-state index in [0.717, 1.165) is 25.7 Å². The zero-order valence-electron chi connectivity index (χ0n) is 20.7. The number of hydrogen-bond acceptors (Lipinski definition) is 2. The zero-order valence-corrected chi connectivity index (χ0v) is 20.7. The van der Waals surface area contributed by atoms with Gasteiger partial charge in [0.05, 0.1) is 11.2 Å². The second-order valence-electron chi connectivity index (χ2n) is 10.6. The molecule has 172 valence electrons. The summed E-state index contributed by atoms with van der Waals surface area (Å²) in [5.41, 5.74) is 11.4. The van der Waals surface area contributed by atoms with Gasteiger partial charge in [-0.2, -0.15) is 0 Å². The molecule has 2 aliphatic heterocycles. The van der Waals surface area contributed by atoms with Gasteiger partial charge < -0.3 is 9.64 Å². The van der Waals surface area contributed by atoms with Crippen molar-refractivity contribution in [1.29, 1.82) is 0 Å². The Balaban J connectivity index is 1.40. The molecule has 2 bridgehead atoms. The molecule has 6 rings (SSSR count). The summed E-state index contributed by atoms with van der Waals surface area (Å²) in [4.78, 5) is 2.42. The van der Waals surface area contributed by atoms with Gasteiger partial charge in [0.2, 0.25) is 0 Å². The number of allylic oxidation sites excluding steroid dienone is 3. The maximum absolute atomic E-state index is 6.48. The van der Waals surface area contributed by atoms with E-state index in [-0.39, 0.29) is 11.2 Å². The molecule has 3 aromatic rings. The Hall–Kier alpha value is -3.10. The van der Waals surface area contributed by atoms with Crippen LogP contribution in [0, 0.1) is 6.92 Å². The molecule has 3 aromatic carbocycles. The molecule has 0 spiro atoms. The van der Waals surface area contributed by atoms with Gasteiger partial charge in [-0.25, -0.2) is 0 Å². The number of anilines is 2. The van der Waals surface area contributed by atoms with Crippen molar-refractivity contribution >= 4 is 11.4 Å². The van der Waals surface area contributed by atoms with Crippen molar-refractivity contribution in [3.05, 3.63) is 107 Å². The quantitative estimate of drug-likeness (QED) is 0.397. The number of fused-ring (bicyclic) bond motifs is 5. The normalized spacial score (nSPS) is 25.1. The first-order chi connectivity index (χ1) is 16.4. The van der Waals surface area contributed by atoms with Crippen molar-refractivity contribution in [2.75, 3.05) is 4.90 Å². The van der Waals surface area contributed by atoms with Gasteiger partial charge in [0.25, 0.3) is 0 Å². The third kappa shape index (κ3) is 3.27. The summed E-state index contributed by atoms with van der Waals surface area (Å²) >= 11 is 0. The van der Waals surface area contributed by atoms with Crippen LogP contribution >= 0.6 is 0 Å². The number of para-hydroxylation sites is 1. The number of rotatable bonds is 4. The van der Waals surface area contributed by atoms with Crippen molar-refractivity contribution in [2.24, 2.45) is 0 Å². The van der Waals surface area contributed by atoms with Crippen molar-refractivity contribution in [1.82, 2.24) is 0 Å². The van der Waals surface area contributed by atoms with Crippen LogP contribution in [-0.4, -0.2) is 0 Å². The highest BCUT2D eigenvalue weighted by molar-refractivity contribution is 5.76. The van der Waals surface area contributed by atoms with E-state index in [0.29, 0.717) is 0 Å². The van der Waals surface area contributed by atoms with Gasteiger partial charge in [-0.3, -0.25) is 0 Å². The standard InChI is InChI=1S/C32H33NO/c1-22-9-5-7-11-29(22)33(30-12-8-6-10-23(30)2)26-16-13-24(14-17-26)25-15-18-27-28(21-25)32(4)20-19-31(27,3)34-32/h5,7-9,11-18,21H,6,10,19-20H2,1-4H3. The molecule has 0 saturated carbocycles. The Labute approximate surface area is 203 Å². The third-order valence-electron chi connectivity index (χ3n) is 8.14. The molecule has 0 amide bonds. The average Bonchev–Trinajstić information content (AvgIpc) is 3.29. The molecule has 1 aliphatic carbocycles. The molecule has 2 atom stereocenters. The van der Waals surface area contributed by atoms with Crippen molar-refractivity contribution in [3.8, 4) is 11.1 Å². The van der Waals surface area contributed by atoms with Crippen LogP contribution in [0.4, 0.5) is 11.4 Å². The van der Waals surface area contributed by atoms with Crippen LogP contribution in [0.5, 0.6) is 0 Å². The van der Waals surface area contributed by atoms with Crippen LogP contribution in [0.1, 0.15) is 63.1 Å². The molecule has 2 unspecified atom stereocenters. The van der Waals surface area contributed by atoms with Gasteiger partial charge in [0.15, 0.2) is 0 Å². The van der Waals surface area contributed by atoms with E-state index in [1.165, 1.54) is 50.5 Å². The summed E-state index contributed by atoms with van der Waals surface area (Å²) in [5, 5.41) is 0. The van der Waals surface area contributed by atoms with E-state index < -0.39 is 0 Å². The fourth-order valence-corrected chi connectivity index (χ4v) is 6.13. The van der Waals surface area contributed by atoms with Gasteiger partial charge in [0.1, 0.15) is 0 Å². The lowest BCUT2D eigenvalue weighted by molar-refractivity contribution is -0.0662. The largest absolute Gasteiger partial charge is 0.360 e. The molecule has 2 nitrogen and oxygen atoms in total. The molecule has 1 fully saturated rings. The Kier molecular flexibility index (Phi) is 4.86. The molecule has 3 aliphatic rings. The van der Waals surface area contributed by atoms with Gasteiger partial charge >= 0.3 is 0 Å². The molecule has 0 radical (unpaired) electrons. The van der Waals surface area contributed by atoms with Crippen LogP contribution < -0.4 is 4.90 Å². The summed E-state index contributed by atoms with van der Waals surface area (Å²) in [7, 11) is 0. The van der Waals surface area contributed by atoms with Crippen LogP contribution in [0.3, 0.4) is 0 Å². The van der Waals surface area contributed by atoms with E-state index in [1.54, 1.807) is 0 Å². The predicted molar refractivity (Wildman–Crippen MR) is 141 cm³/mol. The third-order valence-corrected chi connectivity index (χ3v) is 8.14. The first-order valence-corrected chi connectivity index (χ1v) is 12.6. The van der Waals surface area contributed by atoms with Gasteiger partial charge in [-0.05, 0) is 117 Å². The SMILES string of the molecule is CC1=C(N(c2ccc(-c3ccc4c(c3)C3(C)CCC4(C)O3)cc2)c2ccccc2C)C=CCC1. The highest BCUT2D eigenvalue weighted by Gasteiger charge is 2.54. The first-order valence-electron chi connectivity index (χ1n) is 12.6. The molecule has 2 heterocycles. The Morgan fingerprint density at radius 2 is 1.50 bits per heavy atom. The van der Waals surface area contributed by atoms with E-state index in [1.807, 2.05) is 0 Å².